The number of halogens is 1. The molecule has 1 atom stereocenters. The van der Waals surface area contributed by atoms with Gasteiger partial charge in [0.1, 0.15) is 11.1 Å². The molecule has 5 nitrogen and oxygen atoms in total. The van der Waals surface area contributed by atoms with Crippen LogP contribution in [0.1, 0.15) is 34.9 Å². The molecule has 1 unspecified atom stereocenters. The predicted octanol–water partition coefficient (Wildman–Crippen LogP) is 4.03. The number of methoxy groups -OCH3 is 1. The van der Waals surface area contributed by atoms with Gasteiger partial charge in [-0.3, -0.25) is 4.99 Å². The second-order valence-corrected chi connectivity index (χ2v) is 7.01. The van der Waals surface area contributed by atoms with Crippen LogP contribution in [0.3, 0.4) is 0 Å². The maximum absolute atomic E-state index is 5.32. The van der Waals surface area contributed by atoms with E-state index in [9.17, 15) is 0 Å². The summed E-state index contributed by atoms with van der Waals surface area (Å²) in [5.41, 5.74) is 3.65. The Labute approximate surface area is 177 Å². The highest BCUT2D eigenvalue weighted by Gasteiger charge is 2.12. The second-order valence-electron chi connectivity index (χ2n) is 6.12. The van der Waals surface area contributed by atoms with E-state index in [0.29, 0.717) is 0 Å². The second kappa shape index (κ2) is 11.5. The molecule has 0 amide bonds. The van der Waals surface area contributed by atoms with Gasteiger partial charge in [-0.05, 0) is 25.8 Å². The van der Waals surface area contributed by atoms with Crippen LogP contribution in [0.15, 0.2) is 34.6 Å². The molecular formula is C19H29IN4OS. The molecule has 1 heterocycles. The maximum atomic E-state index is 5.32. The Morgan fingerprint density at radius 2 is 2.04 bits per heavy atom. The average molecular weight is 488 g/mol. The quantitative estimate of drug-likeness (QED) is 0.364. The van der Waals surface area contributed by atoms with Crippen molar-refractivity contribution in [3.05, 3.63) is 51.5 Å². The zero-order valence-electron chi connectivity index (χ0n) is 16.2. The van der Waals surface area contributed by atoms with E-state index in [1.165, 1.54) is 11.1 Å². The Balaban J connectivity index is 0.00000338. The minimum absolute atomic E-state index is 0. The molecule has 0 spiro atoms. The predicted molar refractivity (Wildman–Crippen MR) is 121 cm³/mol. The van der Waals surface area contributed by atoms with Crippen LogP contribution < -0.4 is 5.32 Å². The summed E-state index contributed by atoms with van der Waals surface area (Å²) in [5.74, 6) is 0.876. The highest BCUT2D eigenvalue weighted by atomic mass is 127. The number of aliphatic imine (C=N–C) groups is 1. The number of aromatic nitrogens is 1. The van der Waals surface area contributed by atoms with Crippen molar-refractivity contribution in [1.82, 2.24) is 15.2 Å². The number of thiazole rings is 1. The average Bonchev–Trinajstić information content (AvgIpc) is 3.08. The number of nitrogens with one attached hydrogen (secondary N) is 1. The van der Waals surface area contributed by atoms with E-state index in [0.717, 1.165) is 36.2 Å². The van der Waals surface area contributed by atoms with Crippen LogP contribution in [0, 0.1) is 6.92 Å². The minimum Gasteiger partial charge on any atom is -0.375 e. The summed E-state index contributed by atoms with van der Waals surface area (Å²) in [6.07, 6.45) is 1.01. The number of hydrogen-bond donors (Lipinski definition) is 1. The smallest absolute Gasteiger partial charge is 0.193 e. The summed E-state index contributed by atoms with van der Waals surface area (Å²) in [7, 11) is 5.54. The summed E-state index contributed by atoms with van der Waals surface area (Å²) in [5, 5.41) is 6.51. The number of ether oxygens (including phenoxy) is 1. The van der Waals surface area contributed by atoms with Crippen molar-refractivity contribution in [2.24, 2.45) is 4.99 Å². The lowest BCUT2D eigenvalue weighted by Gasteiger charge is -2.21. The van der Waals surface area contributed by atoms with Crippen molar-refractivity contribution < 1.29 is 4.74 Å². The third-order valence-electron chi connectivity index (χ3n) is 4.06. The Bertz CT molecular complexity index is 687. The van der Waals surface area contributed by atoms with Gasteiger partial charge in [0.25, 0.3) is 0 Å². The van der Waals surface area contributed by atoms with Crippen LogP contribution in [0.2, 0.25) is 0 Å². The molecule has 2 aromatic rings. The molecule has 2 rings (SSSR count). The monoisotopic (exact) mass is 488 g/mol. The zero-order valence-corrected chi connectivity index (χ0v) is 19.3. The van der Waals surface area contributed by atoms with Crippen molar-refractivity contribution in [2.45, 2.75) is 32.9 Å². The molecule has 1 aromatic heterocycles. The Morgan fingerprint density at radius 1 is 1.35 bits per heavy atom. The molecule has 0 aliphatic heterocycles. The molecule has 0 fully saturated rings. The van der Waals surface area contributed by atoms with E-state index in [1.807, 2.05) is 21.0 Å². The third-order valence-corrected chi connectivity index (χ3v) is 5.12. The summed E-state index contributed by atoms with van der Waals surface area (Å²) in [6, 6.07) is 8.66. The lowest BCUT2D eigenvalue weighted by Crippen LogP contribution is -2.39. The largest absolute Gasteiger partial charge is 0.375 e. The van der Waals surface area contributed by atoms with Gasteiger partial charge >= 0.3 is 0 Å². The van der Waals surface area contributed by atoms with E-state index in [1.54, 1.807) is 18.4 Å². The van der Waals surface area contributed by atoms with Gasteiger partial charge in [-0.2, -0.15) is 0 Å². The topological polar surface area (TPSA) is 49.8 Å². The zero-order chi connectivity index (χ0) is 18.2. The molecular weight excluding hydrogens is 459 g/mol. The van der Waals surface area contributed by atoms with Crippen LogP contribution in [0.25, 0.3) is 0 Å². The fourth-order valence-corrected chi connectivity index (χ4v) is 3.30. The first-order chi connectivity index (χ1) is 12.0. The highest BCUT2D eigenvalue weighted by molar-refractivity contribution is 14.0. The lowest BCUT2D eigenvalue weighted by molar-refractivity contribution is 0.119. The standard InChI is InChI=1S/C19H28N4OS.HI/c1-14-6-8-16(9-7-14)10-11-21-19(20-3)23(4)12-17-13-25-18(22-17)15(2)24-5;/h6-9,13,15H,10-12H2,1-5H3,(H,20,21);1H. The number of guanidine groups is 1. The summed E-state index contributed by atoms with van der Waals surface area (Å²) < 4.78 is 5.32. The molecule has 0 aliphatic carbocycles. The molecule has 0 aliphatic rings. The van der Waals surface area contributed by atoms with Gasteiger partial charge in [0.15, 0.2) is 5.96 Å². The Kier molecular flexibility index (Phi) is 10.1. The fraction of sp³-hybridized carbons (Fsp3) is 0.474. The van der Waals surface area contributed by atoms with Crippen molar-refractivity contribution in [2.75, 3.05) is 27.7 Å². The third kappa shape index (κ3) is 6.85. The molecule has 0 bridgehead atoms. The van der Waals surface area contributed by atoms with Crippen molar-refractivity contribution in [3.8, 4) is 0 Å². The van der Waals surface area contributed by atoms with Gasteiger partial charge in [0.05, 0.1) is 12.2 Å². The Hall–Kier alpha value is -1.19. The molecule has 1 aromatic carbocycles. The van der Waals surface area contributed by atoms with Crippen LogP contribution >= 0.6 is 35.3 Å². The summed E-state index contributed by atoms with van der Waals surface area (Å²) >= 11 is 1.64. The normalized spacial score (nSPS) is 12.4. The SMILES string of the molecule is CN=C(NCCc1ccc(C)cc1)N(C)Cc1csc(C(C)OC)n1.I. The highest BCUT2D eigenvalue weighted by Crippen LogP contribution is 2.20. The molecule has 1 N–H and O–H groups in total. The van der Waals surface area contributed by atoms with E-state index in [2.05, 4.69) is 56.8 Å². The van der Waals surface area contributed by atoms with Crippen LogP contribution in [-0.4, -0.2) is 43.6 Å². The molecule has 0 radical (unpaired) electrons. The minimum atomic E-state index is 0. The van der Waals surface area contributed by atoms with E-state index in [-0.39, 0.29) is 30.1 Å². The first kappa shape index (κ1) is 22.9. The van der Waals surface area contributed by atoms with Gasteiger partial charge < -0.3 is 15.0 Å². The number of aryl methyl sites for hydroxylation is 1. The summed E-state index contributed by atoms with van der Waals surface area (Å²) in [6.45, 7) is 5.69. The molecule has 7 heteroatoms. The van der Waals surface area contributed by atoms with E-state index < -0.39 is 0 Å². The van der Waals surface area contributed by atoms with Crippen LogP contribution in [0.5, 0.6) is 0 Å². The molecule has 26 heavy (non-hydrogen) atoms. The maximum Gasteiger partial charge on any atom is 0.193 e. The number of nitrogens with zero attached hydrogens (tertiary/aromatic N) is 3. The van der Waals surface area contributed by atoms with Gasteiger partial charge in [0.2, 0.25) is 0 Å². The first-order valence-corrected chi connectivity index (χ1v) is 9.36. The van der Waals surface area contributed by atoms with Crippen LogP contribution in [-0.2, 0) is 17.7 Å². The molecule has 0 saturated heterocycles. The van der Waals surface area contributed by atoms with Gasteiger partial charge in [-0.15, -0.1) is 35.3 Å². The summed E-state index contributed by atoms with van der Waals surface area (Å²) in [4.78, 5) is 11.1. The Morgan fingerprint density at radius 3 is 2.65 bits per heavy atom. The molecule has 144 valence electrons. The lowest BCUT2D eigenvalue weighted by atomic mass is 10.1. The van der Waals surface area contributed by atoms with Gasteiger partial charge in [0, 0.05) is 33.1 Å². The van der Waals surface area contributed by atoms with Crippen molar-refractivity contribution in [1.29, 1.82) is 0 Å². The van der Waals surface area contributed by atoms with Crippen molar-refractivity contribution in [3.63, 3.8) is 0 Å². The van der Waals surface area contributed by atoms with Crippen LogP contribution in [0.4, 0.5) is 0 Å². The van der Waals surface area contributed by atoms with Gasteiger partial charge in [-0.1, -0.05) is 29.8 Å². The van der Waals surface area contributed by atoms with Gasteiger partial charge in [-0.25, -0.2) is 4.98 Å². The number of rotatable bonds is 7. The number of hydrogen-bond acceptors (Lipinski definition) is 4. The first-order valence-electron chi connectivity index (χ1n) is 8.48. The van der Waals surface area contributed by atoms with E-state index in [4.69, 9.17) is 4.74 Å². The number of benzene rings is 1. The van der Waals surface area contributed by atoms with Crippen molar-refractivity contribution >= 4 is 41.3 Å². The molecule has 0 saturated carbocycles. The fourth-order valence-electron chi connectivity index (χ4n) is 2.46. The van der Waals surface area contributed by atoms with E-state index >= 15 is 0 Å².